The average Bonchev–Trinajstić information content (AvgIpc) is 2.33. The molecule has 0 saturated carbocycles. The first-order chi connectivity index (χ1) is 7.83. The van der Waals surface area contributed by atoms with E-state index in [-0.39, 0.29) is 18.4 Å². The summed E-state index contributed by atoms with van der Waals surface area (Å²) < 4.78 is 4.98. The Morgan fingerprint density at radius 1 is 1.24 bits per heavy atom. The Labute approximate surface area is 108 Å². The second-order valence-electron chi connectivity index (χ2n) is 3.41. The van der Waals surface area contributed by atoms with E-state index >= 15 is 0 Å². The summed E-state index contributed by atoms with van der Waals surface area (Å²) >= 11 is 0. The van der Waals surface area contributed by atoms with Gasteiger partial charge in [-0.05, 0) is 31.0 Å². The minimum absolute atomic E-state index is 0. The molecular weight excluding hydrogens is 238 g/mol. The average molecular weight is 256 g/mol. The number of esters is 1. The highest BCUT2D eigenvalue weighted by Crippen LogP contribution is 2.01. The normalized spacial score (nSPS) is 9.94. The zero-order valence-electron chi connectivity index (χ0n) is 9.67. The van der Waals surface area contributed by atoms with Crippen LogP contribution >= 0.6 is 12.4 Å². The van der Waals surface area contributed by atoms with Crippen LogP contribution < -0.4 is 5.73 Å². The molecule has 0 amide bonds. The third kappa shape index (κ3) is 7.55. The van der Waals surface area contributed by atoms with E-state index in [2.05, 4.69) is 0 Å². The lowest BCUT2D eigenvalue weighted by atomic mass is 10.2. The molecule has 0 aliphatic carbocycles. The predicted molar refractivity (Wildman–Crippen MR) is 72.0 cm³/mol. The molecule has 1 aromatic rings. The van der Waals surface area contributed by atoms with Gasteiger partial charge in [0.05, 0.1) is 6.61 Å². The summed E-state index contributed by atoms with van der Waals surface area (Å²) in [6, 6.07) is 9.64. The first-order valence-corrected chi connectivity index (χ1v) is 5.43. The van der Waals surface area contributed by atoms with Crippen LogP contribution in [-0.2, 0) is 9.53 Å². The van der Waals surface area contributed by atoms with Crippen LogP contribution in [0.5, 0.6) is 0 Å². The number of halogens is 1. The number of carbonyl (C=O) groups excluding carboxylic acids is 1. The highest BCUT2D eigenvalue weighted by atomic mass is 35.5. The van der Waals surface area contributed by atoms with Gasteiger partial charge in [0.2, 0.25) is 0 Å². The smallest absolute Gasteiger partial charge is 0.330 e. The van der Waals surface area contributed by atoms with Crippen molar-refractivity contribution in [3.05, 3.63) is 42.0 Å². The summed E-state index contributed by atoms with van der Waals surface area (Å²) in [6.07, 6.45) is 4.89. The standard InChI is InChI=1S/C13H17NO2.ClH/c14-10-4-5-11-16-13(15)9-8-12-6-2-1-3-7-12;/h1-3,6-9H,4-5,10-11,14H2;1H. The second kappa shape index (κ2) is 9.87. The first kappa shape index (κ1) is 15.7. The van der Waals surface area contributed by atoms with Crippen molar-refractivity contribution >= 4 is 24.5 Å². The summed E-state index contributed by atoms with van der Waals surface area (Å²) in [5.41, 5.74) is 6.31. The largest absolute Gasteiger partial charge is 0.463 e. The maximum atomic E-state index is 11.2. The van der Waals surface area contributed by atoms with Gasteiger partial charge < -0.3 is 10.5 Å². The van der Waals surface area contributed by atoms with Crippen molar-refractivity contribution in [1.29, 1.82) is 0 Å². The predicted octanol–water partition coefficient (Wildman–Crippen LogP) is 2.40. The lowest BCUT2D eigenvalue weighted by Crippen LogP contribution is -2.05. The Kier molecular flexibility index (Phi) is 9.11. The zero-order chi connectivity index (χ0) is 11.6. The van der Waals surface area contributed by atoms with Crippen LogP contribution in [-0.4, -0.2) is 19.1 Å². The first-order valence-electron chi connectivity index (χ1n) is 5.43. The molecule has 94 valence electrons. The quantitative estimate of drug-likeness (QED) is 0.483. The number of hydrogen-bond acceptors (Lipinski definition) is 3. The minimum atomic E-state index is -0.305. The van der Waals surface area contributed by atoms with E-state index in [1.165, 1.54) is 6.08 Å². The molecule has 0 bridgehead atoms. The Morgan fingerprint density at radius 2 is 1.94 bits per heavy atom. The van der Waals surface area contributed by atoms with Crippen molar-refractivity contribution in [2.24, 2.45) is 5.73 Å². The molecule has 0 atom stereocenters. The molecule has 0 fully saturated rings. The number of unbranched alkanes of at least 4 members (excludes halogenated alkanes) is 1. The molecule has 3 nitrogen and oxygen atoms in total. The van der Waals surface area contributed by atoms with E-state index in [0.717, 1.165) is 18.4 Å². The van der Waals surface area contributed by atoms with Crippen molar-refractivity contribution in [1.82, 2.24) is 0 Å². The van der Waals surface area contributed by atoms with Gasteiger partial charge in [0.25, 0.3) is 0 Å². The number of ether oxygens (including phenoxy) is 1. The van der Waals surface area contributed by atoms with E-state index in [1.807, 2.05) is 30.3 Å². The van der Waals surface area contributed by atoms with Gasteiger partial charge >= 0.3 is 5.97 Å². The van der Waals surface area contributed by atoms with Gasteiger partial charge in [0.1, 0.15) is 0 Å². The molecule has 0 saturated heterocycles. The van der Waals surface area contributed by atoms with Crippen molar-refractivity contribution in [2.45, 2.75) is 12.8 Å². The van der Waals surface area contributed by atoms with Crippen LogP contribution in [0.3, 0.4) is 0 Å². The number of rotatable bonds is 6. The fourth-order valence-corrected chi connectivity index (χ4v) is 1.20. The molecule has 0 aromatic heterocycles. The SMILES string of the molecule is Cl.NCCCCOC(=O)C=Cc1ccccc1. The van der Waals surface area contributed by atoms with E-state index in [1.54, 1.807) is 6.08 Å². The summed E-state index contributed by atoms with van der Waals surface area (Å²) in [5.74, 6) is -0.305. The summed E-state index contributed by atoms with van der Waals surface area (Å²) in [4.78, 5) is 11.2. The highest BCUT2D eigenvalue weighted by molar-refractivity contribution is 5.87. The third-order valence-electron chi connectivity index (χ3n) is 2.05. The van der Waals surface area contributed by atoms with Gasteiger partial charge in [-0.1, -0.05) is 30.3 Å². The van der Waals surface area contributed by atoms with Crippen LogP contribution in [0.15, 0.2) is 36.4 Å². The molecule has 0 unspecified atom stereocenters. The van der Waals surface area contributed by atoms with E-state index in [0.29, 0.717) is 13.2 Å². The fraction of sp³-hybridized carbons (Fsp3) is 0.308. The van der Waals surface area contributed by atoms with Gasteiger partial charge in [-0.15, -0.1) is 12.4 Å². The Balaban J connectivity index is 0.00000256. The topological polar surface area (TPSA) is 52.3 Å². The molecule has 1 aromatic carbocycles. The fourth-order valence-electron chi connectivity index (χ4n) is 1.20. The van der Waals surface area contributed by atoms with Crippen LogP contribution in [0.1, 0.15) is 18.4 Å². The van der Waals surface area contributed by atoms with Crippen LogP contribution in [0.2, 0.25) is 0 Å². The molecule has 0 heterocycles. The highest BCUT2D eigenvalue weighted by Gasteiger charge is 1.95. The monoisotopic (exact) mass is 255 g/mol. The summed E-state index contributed by atoms with van der Waals surface area (Å²) in [7, 11) is 0. The van der Waals surface area contributed by atoms with E-state index in [9.17, 15) is 4.79 Å². The second-order valence-corrected chi connectivity index (χ2v) is 3.41. The van der Waals surface area contributed by atoms with Crippen LogP contribution in [0, 0.1) is 0 Å². The zero-order valence-corrected chi connectivity index (χ0v) is 10.5. The molecule has 17 heavy (non-hydrogen) atoms. The summed E-state index contributed by atoms with van der Waals surface area (Å²) in [6.45, 7) is 1.08. The van der Waals surface area contributed by atoms with Crippen molar-refractivity contribution in [3.63, 3.8) is 0 Å². The minimum Gasteiger partial charge on any atom is -0.463 e. The summed E-state index contributed by atoms with van der Waals surface area (Å²) in [5, 5.41) is 0. The molecule has 0 aliphatic rings. The maximum absolute atomic E-state index is 11.2. The number of carbonyl (C=O) groups is 1. The molecule has 2 N–H and O–H groups in total. The molecule has 4 heteroatoms. The van der Waals surface area contributed by atoms with Crippen LogP contribution in [0.25, 0.3) is 6.08 Å². The van der Waals surface area contributed by atoms with Gasteiger partial charge in [-0.2, -0.15) is 0 Å². The molecular formula is C13H18ClNO2. The molecule has 0 spiro atoms. The van der Waals surface area contributed by atoms with Gasteiger partial charge in [-0.3, -0.25) is 0 Å². The number of hydrogen-bond donors (Lipinski definition) is 1. The Bertz CT molecular complexity index is 339. The molecule has 0 radical (unpaired) electrons. The van der Waals surface area contributed by atoms with Gasteiger partial charge in [0.15, 0.2) is 0 Å². The van der Waals surface area contributed by atoms with E-state index in [4.69, 9.17) is 10.5 Å². The Hall–Kier alpha value is -1.32. The van der Waals surface area contributed by atoms with Crippen molar-refractivity contribution in [2.75, 3.05) is 13.2 Å². The van der Waals surface area contributed by atoms with E-state index < -0.39 is 0 Å². The van der Waals surface area contributed by atoms with Crippen LogP contribution in [0.4, 0.5) is 0 Å². The lowest BCUT2D eigenvalue weighted by Gasteiger charge is -2.00. The molecule has 0 aliphatic heterocycles. The van der Waals surface area contributed by atoms with Crippen molar-refractivity contribution < 1.29 is 9.53 Å². The van der Waals surface area contributed by atoms with Gasteiger partial charge in [0, 0.05) is 6.08 Å². The number of benzene rings is 1. The van der Waals surface area contributed by atoms with Gasteiger partial charge in [-0.25, -0.2) is 4.79 Å². The van der Waals surface area contributed by atoms with Crippen molar-refractivity contribution in [3.8, 4) is 0 Å². The maximum Gasteiger partial charge on any atom is 0.330 e. The lowest BCUT2D eigenvalue weighted by molar-refractivity contribution is -0.137. The third-order valence-corrected chi connectivity index (χ3v) is 2.05. The number of nitrogens with two attached hydrogens (primary N) is 1. The Morgan fingerprint density at radius 3 is 2.59 bits per heavy atom. The molecule has 1 rings (SSSR count).